The van der Waals surface area contributed by atoms with Gasteiger partial charge in [0.1, 0.15) is 0 Å². The quantitative estimate of drug-likeness (QED) is 0.844. The molecule has 0 unspecified atom stereocenters. The van der Waals surface area contributed by atoms with Crippen molar-refractivity contribution in [3.63, 3.8) is 0 Å². The maximum atomic E-state index is 8.93. The highest BCUT2D eigenvalue weighted by molar-refractivity contribution is 5.67. The van der Waals surface area contributed by atoms with Gasteiger partial charge in [0.25, 0.3) is 0 Å². The maximum absolute atomic E-state index is 8.93. The van der Waals surface area contributed by atoms with Crippen molar-refractivity contribution in [1.29, 1.82) is 0 Å². The summed E-state index contributed by atoms with van der Waals surface area (Å²) in [4.78, 5) is 0. The topological polar surface area (TPSA) is 20.2 Å². The van der Waals surface area contributed by atoms with Crippen LogP contribution in [0, 0.1) is 6.92 Å². The molecule has 0 aliphatic rings. The van der Waals surface area contributed by atoms with E-state index in [1.54, 1.807) is 0 Å². The van der Waals surface area contributed by atoms with E-state index in [0.717, 1.165) is 12.8 Å². The first-order valence-electron chi connectivity index (χ1n) is 6.07. The molecule has 0 saturated carbocycles. The summed E-state index contributed by atoms with van der Waals surface area (Å²) in [6.45, 7) is 2.36. The number of aryl methyl sites for hydroxylation is 2. The second-order valence-corrected chi connectivity index (χ2v) is 4.35. The molecular weight excluding hydrogens is 208 g/mol. The summed E-state index contributed by atoms with van der Waals surface area (Å²) in [5.41, 5.74) is 5.13. The molecule has 0 saturated heterocycles. The molecule has 0 heterocycles. The predicted molar refractivity (Wildman–Crippen MR) is 72.0 cm³/mol. The summed E-state index contributed by atoms with van der Waals surface area (Å²) in [5, 5.41) is 8.93. The van der Waals surface area contributed by atoms with Gasteiger partial charge in [-0.1, -0.05) is 54.1 Å². The van der Waals surface area contributed by atoms with E-state index in [0.29, 0.717) is 0 Å². The van der Waals surface area contributed by atoms with Crippen molar-refractivity contribution < 1.29 is 5.11 Å². The van der Waals surface area contributed by atoms with Gasteiger partial charge in [-0.3, -0.25) is 0 Å². The molecular formula is C16H18O. The normalized spacial score (nSPS) is 10.5. The minimum absolute atomic E-state index is 0.252. The molecule has 2 aromatic rings. The van der Waals surface area contributed by atoms with Gasteiger partial charge in [-0.05, 0) is 36.5 Å². The van der Waals surface area contributed by atoms with Crippen LogP contribution in [0.3, 0.4) is 0 Å². The Bertz CT molecular complexity index is 488. The summed E-state index contributed by atoms with van der Waals surface area (Å²) >= 11 is 0. The molecule has 0 radical (unpaired) electrons. The minimum atomic E-state index is 0.252. The van der Waals surface area contributed by atoms with Crippen molar-refractivity contribution >= 4 is 0 Å². The van der Waals surface area contributed by atoms with E-state index < -0.39 is 0 Å². The third-order valence-electron chi connectivity index (χ3n) is 2.95. The van der Waals surface area contributed by atoms with Crippen molar-refractivity contribution in [2.75, 3.05) is 6.61 Å². The standard InChI is InChI=1S/C16H18O/c1-13-6-4-8-15(12-13)16-10-3-2-7-14(16)9-5-11-17/h2-4,6-8,10,12,17H,5,9,11H2,1H3. The number of hydrogen-bond donors (Lipinski definition) is 1. The SMILES string of the molecule is Cc1cccc(-c2ccccc2CCCO)c1. The molecule has 0 aromatic heterocycles. The summed E-state index contributed by atoms with van der Waals surface area (Å²) in [6.07, 6.45) is 1.75. The number of benzene rings is 2. The largest absolute Gasteiger partial charge is 0.396 e. The average Bonchev–Trinajstić information content (AvgIpc) is 2.37. The molecule has 2 rings (SSSR count). The van der Waals surface area contributed by atoms with Crippen molar-refractivity contribution in [1.82, 2.24) is 0 Å². The van der Waals surface area contributed by atoms with Gasteiger partial charge in [-0.15, -0.1) is 0 Å². The zero-order valence-electron chi connectivity index (χ0n) is 10.2. The number of hydrogen-bond acceptors (Lipinski definition) is 1. The van der Waals surface area contributed by atoms with Crippen LogP contribution >= 0.6 is 0 Å². The first-order valence-corrected chi connectivity index (χ1v) is 6.07. The fourth-order valence-corrected chi connectivity index (χ4v) is 2.10. The van der Waals surface area contributed by atoms with Gasteiger partial charge in [0, 0.05) is 6.61 Å². The highest BCUT2D eigenvalue weighted by Crippen LogP contribution is 2.25. The summed E-state index contributed by atoms with van der Waals surface area (Å²) in [6, 6.07) is 17.0. The molecule has 0 amide bonds. The van der Waals surface area contributed by atoms with Crippen LogP contribution in [-0.4, -0.2) is 11.7 Å². The van der Waals surface area contributed by atoms with Crippen LogP contribution in [0.5, 0.6) is 0 Å². The van der Waals surface area contributed by atoms with Gasteiger partial charge >= 0.3 is 0 Å². The van der Waals surface area contributed by atoms with Crippen molar-refractivity contribution in [3.05, 3.63) is 59.7 Å². The molecule has 17 heavy (non-hydrogen) atoms. The minimum Gasteiger partial charge on any atom is -0.396 e. The predicted octanol–water partition coefficient (Wildman–Crippen LogP) is 3.59. The molecule has 0 atom stereocenters. The van der Waals surface area contributed by atoms with Crippen molar-refractivity contribution in [3.8, 4) is 11.1 Å². The molecule has 0 aliphatic heterocycles. The maximum Gasteiger partial charge on any atom is 0.0434 e. The Morgan fingerprint density at radius 3 is 2.59 bits per heavy atom. The Morgan fingerprint density at radius 2 is 1.82 bits per heavy atom. The van der Waals surface area contributed by atoms with E-state index in [2.05, 4.69) is 55.5 Å². The van der Waals surface area contributed by atoms with Crippen LogP contribution in [0.2, 0.25) is 0 Å². The summed E-state index contributed by atoms with van der Waals surface area (Å²) in [7, 11) is 0. The number of rotatable bonds is 4. The van der Waals surface area contributed by atoms with Gasteiger partial charge in [0.15, 0.2) is 0 Å². The van der Waals surface area contributed by atoms with E-state index in [1.165, 1.54) is 22.3 Å². The van der Waals surface area contributed by atoms with Gasteiger partial charge in [0.05, 0.1) is 0 Å². The molecule has 1 heteroatoms. The molecule has 0 fully saturated rings. The van der Waals surface area contributed by atoms with Gasteiger partial charge < -0.3 is 5.11 Å². The van der Waals surface area contributed by atoms with Crippen LogP contribution in [0.25, 0.3) is 11.1 Å². The van der Waals surface area contributed by atoms with Gasteiger partial charge in [0.2, 0.25) is 0 Å². The van der Waals surface area contributed by atoms with Gasteiger partial charge in [-0.25, -0.2) is 0 Å². The second kappa shape index (κ2) is 5.65. The highest BCUT2D eigenvalue weighted by atomic mass is 16.2. The molecule has 1 nitrogen and oxygen atoms in total. The number of aliphatic hydroxyl groups excluding tert-OH is 1. The van der Waals surface area contributed by atoms with Crippen molar-refractivity contribution in [2.24, 2.45) is 0 Å². The lowest BCUT2D eigenvalue weighted by Crippen LogP contribution is -1.93. The van der Waals surface area contributed by atoms with Gasteiger partial charge in [-0.2, -0.15) is 0 Å². The summed E-state index contributed by atoms with van der Waals surface area (Å²) in [5.74, 6) is 0. The molecule has 0 spiro atoms. The Morgan fingerprint density at radius 1 is 1.00 bits per heavy atom. The Kier molecular flexibility index (Phi) is 3.94. The van der Waals surface area contributed by atoms with Crippen LogP contribution in [0.1, 0.15) is 17.5 Å². The lowest BCUT2D eigenvalue weighted by Gasteiger charge is -2.09. The molecule has 0 aliphatic carbocycles. The zero-order chi connectivity index (χ0) is 12.1. The molecule has 88 valence electrons. The lowest BCUT2D eigenvalue weighted by atomic mass is 9.96. The first-order chi connectivity index (χ1) is 8.31. The fourth-order valence-electron chi connectivity index (χ4n) is 2.10. The zero-order valence-corrected chi connectivity index (χ0v) is 10.2. The Balaban J connectivity index is 2.37. The molecule has 2 aromatic carbocycles. The molecule has 1 N–H and O–H groups in total. The van der Waals surface area contributed by atoms with E-state index in [9.17, 15) is 0 Å². The van der Waals surface area contributed by atoms with E-state index >= 15 is 0 Å². The van der Waals surface area contributed by atoms with E-state index in [1.807, 2.05) is 0 Å². The van der Waals surface area contributed by atoms with Crippen LogP contribution in [0.15, 0.2) is 48.5 Å². The third-order valence-corrected chi connectivity index (χ3v) is 2.95. The monoisotopic (exact) mass is 226 g/mol. The Hall–Kier alpha value is -1.60. The smallest absolute Gasteiger partial charge is 0.0434 e. The number of aliphatic hydroxyl groups is 1. The lowest BCUT2D eigenvalue weighted by molar-refractivity contribution is 0.288. The Labute approximate surface area is 103 Å². The van der Waals surface area contributed by atoms with Crippen molar-refractivity contribution in [2.45, 2.75) is 19.8 Å². The highest BCUT2D eigenvalue weighted by Gasteiger charge is 2.04. The first kappa shape index (κ1) is 11.9. The second-order valence-electron chi connectivity index (χ2n) is 4.35. The van der Waals surface area contributed by atoms with Crippen LogP contribution < -0.4 is 0 Å². The molecule has 0 bridgehead atoms. The van der Waals surface area contributed by atoms with Crippen LogP contribution in [0.4, 0.5) is 0 Å². The summed E-state index contributed by atoms with van der Waals surface area (Å²) < 4.78 is 0. The average molecular weight is 226 g/mol. The van der Waals surface area contributed by atoms with Crippen LogP contribution in [-0.2, 0) is 6.42 Å². The fraction of sp³-hybridized carbons (Fsp3) is 0.250. The van der Waals surface area contributed by atoms with E-state index in [-0.39, 0.29) is 6.61 Å². The third kappa shape index (κ3) is 2.95. The van der Waals surface area contributed by atoms with E-state index in [4.69, 9.17) is 5.11 Å².